The first kappa shape index (κ1) is 22.4. The summed E-state index contributed by atoms with van der Waals surface area (Å²) < 4.78 is 0. The molecule has 6 nitrogen and oxygen atoms in total. The van der Waals surface area contributed by atoms with Gasteiger partial charge in [-0.15, -0.1) is 12.4 Å². The first-order valence-corrected chi connectivity index (χ1v) is 8.95. The van der Waals surface area contributed by atoms with Crippen molar-refractivity contribution in [3.8, 4) is 0 Å². The molecule has 0 radical (unpaired) electrons. The zero-order valence-electron chi connectivity index (χ0n) is 15.4. The number of hydrogen-bond acceptors (Lipinski definition) is 4. The summed E-state index contributed by atoms with van der Waals surface area (Å²) in [5.74, 6) is -0.495. The van der Waals surface area contributed by atoms with E-state index in [1.807, 2.05) is 44.2 Å². The van der Waals surface area contributed by atoms with Gasteiger partial charge in [0.15, 0.2) is 6.10 Å². The summed E-state index contributed by atoms with van der Waals surface area (Å²) in [4.78, 5) is 24.6. The minimum absolute atomic E-state index is 0. The number of carbonyl (C=O) groups excluding carboxylic acids is 2. The number of carbonyl (C=O) groups is 2. The Balaban J connectivity index is 0.00000338. The molecule has 2 rings (SSSR count). The summed E-state index contributed by atoms with van der Waals surface area (Å²) in [5, 5.41) is 16.0. The molecule has 0 bridgehead atoms. The number of halogens is 1. The molecule has 0 spiro atoms. The molecule has 1 aromatic carbocycles. The number of hydrogen-bond donors (Lipinski definition) is 4. The van der Waals surface area contributed by atoms with Crippen molar-refractivity contribution in [2.45, 2.75) is 63.8 Å². The fourth-order valence-electron chi connectivity index (χ4n) is 2.71. The van der Waals surface area contributed by atoms with Gasteiger partial charge < -0.3 is 21.5 Å². The smallest absolute Gasteiger partial charge is 0.251 e. The van der Waals surface area contributed by atoms with E-state index in [1.165, 1.54) is 0 Å². The van der Waals surface area contributed by atoms with E-state index in [9.17, 15) is 14.7 Å². The average molecular weight is 384 g/mol. The van der Waals surface area contributed by atoms with Crippen molar-refractivity contribution in [2.24, 2.45) is 11.7 Å². The monoisotopic (exact) mass is 383 g/mol. The first-order chi connectivity index (χ1) is 11.9. The molecular formula is C19H30ClN3O3. The summed E-state index contributed by atoms with van der Waals surface area (Å²) >= 11 is 0. The van der Waals surface area contributed by atoms with Gasteiger partial charge in [0.05, 0.1) is 12.1 Å². The lowest BCUT2D eigenvalue weighted by atomic mass is 9.98. The zero-order chi connectivity index (χ0) is 18.4. The van der Waals surface area contributed by atoms with Crippen LogP contribution in [0.25, 0.3) is 0 Å². The van der Waals surface area contributed by atoms with Crippen molar-refractivity contribution in [2.75, 3.05) is 0 Å². The van der Waals surface area contributed by atoms with E-state index in [2.05, 4.69) is 10.6 Å². The van der Waals surface area contributed by atoms with Crippen LogP contribution < -0.4 is 16.4 Å². The van der Waals surface area contributed by atoms with E-state index in [0.717, 1.165) is 18.4 Å². The standard InChI is InChI=1S/C19H29N3O3.ClH/c1-12(2)10-15(20)18(24)22-16(11-13-6-4-3-5-7-13)17(23)19(25)21-14-8-9-14;/h3-7,12,14-17,23H,8-11,20H2,1-2H3,(H,21,25)(H,22,24);1H/t15-,16?,17?;/m0./s1. The Morgan fingerprint density at radius 3 is 2.35 bits per heavy atom. The molecule has 7 heteroatoms. The van der Waals surface area contributed by atoms with Gasteiger partial charge in [-0.25, -0.2) is 0 Å². The summed E-state index contributed by atoms with van der Waals surface area (Å²) in [7, 11) is 0. The highest BCUT2D eigenvalue weighted by Gasteiger charge is 2.32. The molecule has 26 heavy (non-hydrogen) atoms. The number of aliphatic hydroxyl groups is 1. The van der Waals surface area contributed by atoms with E-state index in [4.69, 9.17) is 5.73 Å². The zero-order valence-corrected chi connectivity index (χ0v) is 16.2. The van der Waals surface area contributed by atoms with Crippen molar-refractivity contribution in [1.82, 2.24) is 10.6 Å². The summed E-state index contributed by atoms with van der Waals surface area (Å²) in [6.07, 6.45) is 1.48. The molecule has 1 aliphatic rings. The molecule has 1 aromatic rings. The SMILES string of the molecule is CC(C)C[C@H](N)C(=O)NC(Cc1ccccc1)C(O)C(=O)NC1CC1.Cl. The number of benzene rings is 1. The van der Waals surface area contributed by atoms with Gasteiger partial charge in [0.25, 0.3) is 5.91 Å². The maximum Gasteiger partial charge on any atom is 0.251 e. The number of aliphatic hydroxyl groups excluding tert-OH is 1. The van der Waals surface area contributed by atoms with Crippen molar-refractivity contribution >= 4 is 24.2 Å². The van der Waals surface area contributed by atoms with Crippen LogP contribution in [-0.2, 0) is 16.0 Å². The third-order valence-corrected chi connectivity index (χ3v) is 4.26. The van der Waals surface area contributed by atoms with E-state index in [1.54, 1.807) is 0 Å². The highest BCUT2D eigenvalue weighted by atomic mass is 35.5. The summed E-state index contributed by atoms with van der Waals surface area (Å²) in [6.45, 7) is 3.99. The molecule has 1 fully saturated rings. The minimum atomic E-state index is -1.31. The molecule has 146 valence electrons. The molecule has 0 heterocycles. The highest BCUT2D eigenvalue weighted by Crippen LogP contribution is 2.19. The Bertz CT molecular complexity index is 579. The Morgan fingerprint density at radius 2 is 1.81 bits per heavy atom. The van der Waals surface area contributed by atoms with Gasteiger partial charge in [0.2, 0.25) is 5.91 Å². The fourth-order valence-corrected chi connectivity index (χ4v) is 2.71. The lowest BCUT2D eigenvalue weighted by Crippen LogP contribution is -2.55. The largest absolute Gasteiger partial charge is 0.381 e. The van der Waals surface area contributed by atoms with Crippen LogP contribution in [0.4, 0.5) is 0 Å². The number of rotatable bonds is 9. The van der Waals surface area contributed by atoms with Gasteiger partial charge in [0, 0.05) is 6.04 Å². The molecule has 2 amide bonds. The van der Waals surface area contributed by atoms with E-state index in [-0.39, 0.29) is 30.3 Å². The molecule has 0 saturated heterocycles. The molecule has 2 unspecified atom stereocenters. The van der Waals surface area contributed by atoms with Crippen LogP contribution in [0.5, 0.6) is 0 Å². The van der Waals surface area contributed by atoms with Gasteiger partial charge in [-0.05, 0) is 37.2 Å². The molecular weight excluding hydrogens is 354 g/mol. The second-order valence-electron chi connectivity index (χ2n) is 7.27. The molecule has 3 atom stereocenters. The Morgan fingerprint density at radius 1 is 1.19 bits per heavy atom. The van der Waals surface area contributed by atoms with Crippen LogP contribution >= 0.6 is 12.4 Å². The van der Waals surface area contributed by atoms with Gasteiger partial charge in [-0.2, -0.15) is 0 Å². The normalized spacial score (nSPS) is 17.0. The summed E-state index contributed by atoms with van der Waals surface area (Å²) in [6, 6.07) is 8.25. The summed E-state index contributed by atoms with van der Waals surface area (Å²) in [5.41, 5.74) is 6.87. The third-order valence-electron chi connectivity index (χ3n) is 4.26. The van der Waals surface area contributed by atoms with Gasteiger partial charge in [-0.1, -0.05) is 44.2 Å². The van der Waals surface area contributed by atoms with Crippen LogP contribution in [0.1, 0.15) is 38.7 Å². The van der Waals surface area contributed by atoms with Crippen LogP contribution in [-0.4, -0.2) is 41.2 Å². The van der Waals surface area contributed by atoms with Gasteiger partial charge in [0.1, 0.15) is 0 Å². The predicted octanol–water partition coefficient (Wildman–Crippen LogP) is 1.15. The maximum absolute atomic E-state index is 12.4. The fraction of sp³-hybridized carbons (Fsp3) is 0.579. The minimum Gasteiger partial charge on any atom is -0.381 e. The highest BCUT2D eigenvalue weighted by molar-refractivity contribution is 5.85. The van der Waals surface area contributed by atoms with E-state index in [0.29, 0.717) is 12.8 Å². The third kappa shape index (κ3) is 7.32. The second-order valence-corrected chi connectivity index (χ2v) is 7.27. The molecule has 1 saturated carbocycles. The maximum atomic E-state index is 12.4. The van der Waals surface area contributed by atoms with Crippen molar-refractivity contribution in [1.29, 1.82) is 0 Å². The number of amides is 2. The second kappa shape index (κ2) is 10.5. The molecule has 1 aliphatic carbocycles. The van der Waals surface area contributed by atoms with Crippen LogP contribution in [0, 0.1) is 5.92 Å². The molecule has 5 N–H and O–H groups in total. The van der Waals surface area contributed by atoms with Gasteiger partial charge >= 0.3 is 0 Å². The number of nitrogens with two attached hydrogens (primary N) is 1. The van der Waals surface area contributed by atoms with Crippen molar-refractivity contribution in [3.05, 3.63) is 35.9 Å². The van der Waals surface area contributed by atoms with Crippen LogP contribution in [0.2, 0.25) is 0 Å². The van der Waals surface area contributed by atoms with E-state index >= 15 is 0 Å². The quantitative estimate of drug-likeness (QED) is 0.513. The topological polar surface area (TPSA) is 104 Å². The lowest BCUT2D eigenvalue weighted by molar-refractivity contribution is -0.132. The van der Waals surface area contributed by atoms with E-state index < -0.39 is 24.1 Å². The molecule has 0 aliphatic heterocycles. The van der Waals surface area contributed by atoms with Crippen molar-refractivity contribution < 1.29 is 14.7 Å². The van der Waals surface area contributed by atoms with Crippen LogP contribution in [0.15, 0.2) is 30.3 Å². The lowest BCUT2D eigenvalue weighted by Gasteiger charge is -2.25. The average Bonchev–Trinajstić information content (AvgIpc) is 3.37. The Hall–Kier alpha value is -1.63. The Labute approximate surface area is 161 Å². The first-order valence-electron chi connectivity index (χ1n) is 8.95. The predicted molar refractivity (Wildman–Crippen MR) is 104 cm³/mol. The number of nitrogens with one attached hydrogen (secondary N) is 2. The Kier molecular flexibility index (Phi) is 9.05. The van der Waals surface area contributed by atoms with Crippen molar-refractivity contribution in [3.63, 3.8) is 0 Å². The van der Waals surface area contributed by atoms with Crippen LogP contribution in [0.3, 0.4) is 0 Å². The molecule has 0 aromatic heterocycles. The van der Waals surface area contributed by atoms with Gasteiger partial charge in [-0.3, -0.25) is 9.59 Å².